The zero-order valence-corrected chi connectivity index (χ0v) is 7.54. The van der Waals surface area contributed by atoms with E-state index in [1.807, 2.05) is 0 Å². The molecule has 0 radical (unpaired) electrons. The van der Waals surface area contributed by atoms with Crippen LogP contribution in [0.25, 0.3) is 0 Å². The molecule has 0 spiro atoms. The van der Waals surface area contributed by atoms with Gasteiger partial charge in [0.25, 0.3) is 0 Å². The largest absolute Gasteiger partial charge is 0.344 e. The Kier molecular flexibility index (Phi) is 9.40. The van der Waals surface area contributed by atoms with Crippen molar-refractivity contribution in [2.75, 3.05) is 13.1 Å². The molecule has 0 aromatic rings. The lowest BCUT2D eigenvalue weighted by Crippen LogP contribution is -2.18. The van der Waals surface area contributed by atoms with E-state index in [1.165, 1.54) is 32.4 Å². The van der Waals surface area contributed by atoms with Gasteiger partial charge in [0, 0.05) is 0 Å². The summed E-state index contributed by atoms with van der Waals surface area (Å²) in [5.41, 5.74) is 0. The van der Waals surface area contributed by atoms with E-state index < -0.39 is 0 Å². The van der Waals surface area contributed by atoms with Gasteiger partial charge >= 0.3 is 0 Å². The van der Waals surface area contributed by atoms with E-state index in [1.54, 1.807) is 0 Å². The molecule has 64 valence electrons. The fourth-order valence-corrected chi connectivity index (χ4v) is 1.19. The number of halogens is 1. The lowest BCUT2D eigenvalue weighted by molar-refractivity contribution is 0.525. The summed E-state index contributed by atoms with van der Waals surface area (Å²) in [4.78, 5) is 0. The van der Waals surface area contributed by atoms with Crippen LogP contribution in [-0.4, -0.2) is 13.1 Å². The van der Waals surface area contributed by atoms with Gasteiger partial charge in [-0.05, 0) is 31.8 Å². The Morgan fingerprint density at radius 2 is 2.00 bits per heavy atom. The summed E-state index contributed by atoms with van der Waals surface area (Å²) in [6.45, 7) is 4.79. The van der Waals surface area contributed by atoms with Crippen LogP contribution in [0.4, 0.5) is 0 Å². The second-order valence-corrected chi connectivity index (χ2v) is 2.81. The van der Waals surface area contributed by atoms with E-state index in [2.05, 4.69) is 12.2 Å². The summed E-state index contributed by atoms with van der Waals surface area (Å²) >= 11 is 0. The molecule has 1 fully saturated rings. The number of nitrogens with one attached hydrogen (secondary N) is 1. The van der Waals surface area contributed by atoms with Crippen LogP contribution in [-0.2, 0) is 0 Å². The van der Waals surface area contributed by atoms with Crippen molar-refractivity contribution in [2.24, 2.45) is 5.92 Å². The molecule has 0 saturated carbocycles. The van der Waals surface area contributed by atoms with Gasteiger partial charge in [-0.25, -0.2) is 0 Å². The zero-order chi connectivity index (χ0) is 5.82. The van der Waals surface area contributed by atoms with Crippen LogP contribution < -0.4 is 11.5 Å². The van der Waals surface area contributed by atoms with Crippen molar-refractivity contribution in [3.05, 3.63) is 0 Å². The predicted molar refractivity (Wildman–Crippen MR) is 48.2 cm³/mol. The molecule has 1 aliphatic heterocycles. The van der Waals surface area contributed by atoms with Gasteiger partial charge in [-0.1, -0.05) is 13.3 Å². The van der Waals surface area contributed by atoms with Gasteiger partial charge in [0.1, 0.15) is 0 Å². The van der Waals surface area contributed by atoms with Gasteiger partial charge in [-0.15, -0.1) is 12.4 Å². The van der Waals surface area contributed by atoms with Crippen LogP contribution >= 0.6 is 12.4 Å². The molecule has 10 heavy (non-hydrogen) atoms. The van der Waals surface area contributed by atoms with Crippen LogP contribution in [0.15, 0.2) is 0 Å². The Morgan fingerprint density at radius 1 is 1.30 bits per heavy atom. The normalized spacial score (nSPS) is 25.5. The first-order valence-electron chi connectivity index (χ1n) is 3.60. The molecule has 1 aliphatic rings. The van der Waals surface area contributed by atoms with E-state index in [0.29, 0.717) is 0 Å². The highest BCUT2D eigenvalue weighted by molar-refractivity contribution is 5.85. The van der Waals surface area contributed by atoms with E-state index in [9.17, 15) is 0 Å². The monoisotopic (exact) mass is 166 g/mol. The fraction of sp³-hybridized carbons (Fsp3) is 1.00. The Hall–Kier alpha value is 0.210. The zero-order valence-electron chi connectivity index (χ0n) is 6.73. The first kappa shape index (κ1) is 12.8. The van der Waals surface area contributed by atoms with E-state index >= 15 is 0 Å². The van der Waals surface area contributed by atoms with Gasteiger partial charge in [0.2, 0.25) is 0 Å². The third-order valence-corrected chi connectivity index (χ3v) is 1.79. The average molecular weight is 167 g/mol. The lowest BCUT2D eigenvalue weighted by Gasteiger charge is -2.03. The molecule has 0 amide bonds. The smallest absolute Gasteiger partial charge is 0.00232 e. The SMILES string of the molecule is CC1CCCCNC1.Cl.N. The quantitative estimate of drug-likeness (QED) is 0.578. The van der Waals surface area contributed by atoms with Crippen molar-refractivity contribution in [2.45, 2.75) is 26.2 Å². The summed E-state index contributed by atoms with van der Waals surface area (Å²) in [6.07, 6.45) is 4.23. The van der Waals surface area contributed by atoms with Crippen molar-refractivity contribution in [1.82, 2.24) is 11.5 Å². The first-order valence-corrected chi connectivity index (χ1v) is 3.60. The predicted octanol–water partition coefficient (Wildman–Crippen LogP) is 1.98. The lowest BCUT2D eigenvalue weighted by atomic mass is 10.1. The standard InChI is InChI=1S/C7H15N.ClH.H3N/c1-7-4-2-3-5-8-6-7;;/h7-8H,2-6H2,1H3;1H;1H3. The Labute approximate surface area is 69.8 Å². The number of rotatable bonds is 0. The maximum absolute atomic E-state index is 3.40. The number of hydrogen-bond acceptors (Lipinski definition) is 2. The van der Waals surface area contributed by atoms with Crippen LogP contribution in [0.2, 0.25) is 0 Å². The maximum Gasteiger partial charge on any atom is -0.00232 e. The molecule has 1 saturated heterocycles. The minimum absolute atomic E-state index is 0. The van der Waals surface area contributed by atoms with Gasteiger partial charge in [0.05, 0.1) is 0 Å². The van der Waals surface area contributed by atoms with Crippen LogP contribution in [0.1, 0.15) is 26.2 Å². The summed E-state index contributed by atoms with van der Waals surface area (Å²) in [5, 5.41) is 3.40. The molecule has 1 unspecified atom stereocenters. The molecular weight excluding hydrogens is 148 g/mol. The molecule has 3 heteroatoms. The average Bonchev–Trinajstić information content (AvgIpc) is 1.94. The second kappa shape index (κ2) is 7.32. The highest BCUT2D eigenvalue weighted by Crippen LogP contribution is 2.08. The summed E-state index contributed by atoms with van der Waals surface area (Å²) in [7, 11) is 0. The molecule has 1 rings (SSSR count). The first-order chi connectivity index (χ1) is 3.89. The highest BCUT2D eigenvalue weighted by atomic mass is 35.5. The highest BCUT2D eigenvalue weighted by Gasteiger charge is 2.04. The third kappa shape index (κ3) is 5.03. The van der Waals surface area contributed by atoms with E-state index in [4.69, 9.17) is 0 Å². The molecule has 1 atom stereocenters. The minimum atomic E-state index is 0. The van der Waals surface area contributed by atoms with Crippen LogP contribution in [0.3, 0.4) is 0 Å². The maximum atomic E-state index is 3.40. The molecule has 4 N–H and O–H groups in total. The van der Waals surface area contributed by atoms with Crippen molar-refractivity contribution in [3.8, 4) is 0 Å². The van der Waals surface area contributed by atoms with Crippen LogP contribution in [0, 0.1) is 5.92 Å². The Morgan fingerprint density at radius 3 is 2.70 bits per heavy atom. The van der Waals surface area contributed by atoms with Gasteiger partial charge in [-0.2, -0.15) is 0 Å². The van der Waals surface area contributed by atoms with Crippen molar-refractivity contribution in [1.29, 1.82) is 0 Å². The topological polar surface area (TPSA) is 47.0 Å². The van der Waals surface area contributed by atoms with Crippen molar-refractivity contribution >= 4 is 12.4 Å². The molecule has 0 aromatic heterocycles. The van der Waals surface area contributed by atoms with Gasteiger partial charge in [0.15, 0.2) is 0 Å². The van der Waals surface area contributed by atoms with E-state index in [-0.39, 0.29) is 18.6 Å². The second-order valence-electron chi connectivity index (χ2n) is 2.81. The fourth-order valence-electron chi connectivity index (χ4n) is 1.19. The van der Waals surface area contributed by atoms with E-state index in [0.717, 1.165) is 5.92 Å². The molecule has 0 bridgehead atoms. The van der Waals surface area contributed by atoms with Gasteiger partial charge < -0.3 is 11.5 Å². The Bertz CT molecular complexity index is 60.6. The molecule has 0 aromatic carbocycles. The minimum Gasteiger partial charge on any atom is -0.344 e. The molecule has 1 heterocycles. The molecular formula is C7H19ClN2. The van der Waals surface area contributed by atoms with Crippen molar-refractivity contribution in [3.63, 3.8) is 0 Å². The third-order valence-electron chi connectivity index (χ3n) is 1.79. The number of hydrogen-bond donors (Lipinski definition) is 2. The molecule has 0 aliphatic carbocycles. The van der Waals surface area contributed by atoms with Gasteiger partial charge in [-0.3, -0.25) is 0 Å². The summed E-state index contributed by atoms with van der Waals surface area (Å²) < 4.78 is 0. The Balaban J connectivity index is 0. The summed E-state index contributed by atoms with van der Waals surface area (Å²) in [6, 6.07) is 0. The van der Waals surface area contributed by atoms with Crippen molar-refractivity contribution < 1.29 is 0 Å². The van der Waals surface area contributed by atoms with Crippen LogP contribution in [0.5, 0.6) is 0 Å². The molecule has 2 nitrogen and oxygen atoms in total. The summed E-state index contributed by atoms with van der Waals surface area (Å²) in [5.74, 6) is 0.914.